The number of nitrogens with one attached hydrogen (secondary N) is 1. The van der Waals surface area contributed by atoms with Crippen LogP contribution in [0.5, 0.6) is 0 Å². The summed E-state index contributed by atoms with van der Waals surface area (Å²) in [5.41, 5.74) is 3.75. The molecule has 0 spiro atoms. The third-order valence-electron chi connectivity index (χ3n) is 5.25. The minimum absolute atomic E-state index is 0.0226. The van der Waals surface area contributed by atoms with E-state index in [4.69, 9.17) is 4.42 Å². The molecule has 138 valence electrons. The number of hydrogen-bond donors (Lipinski definition) is 2. The number of furan rings is 1. The van der Waals surface area contributed by atoms with Crippen LogP contribution >= 0.6 is 0 Å². The summed E-state index contributed by atoms with van der Waals surface area (Å²) in [6.45, 7) is 0.360. The van der Waals surface area contributed by atoms with Crippen molar-refractivity contribution >= 4 is 5.91 Å². The van der Waals surface area contributed by atoms with Crippen LogP contribution in [0.15, 0.2) is 77.4 Å². The average molecular weight is 361 g/mol. The number of carbonyl (C=O) groups is 1. The summed E-state index contributed by atoms with van der Waals surface area (Å²) in [6.07, 6.45) is 4.90. The van der Waals surface area contributed by atoms with Crippen molar-refractivity contribution in [2.45, 2.75) is 31.3 Å². The Morgan fingerprint density at radius 3 is 2.70 bits per heavy atom. The summed E-state index contributed by atoms with van der Waals surface area (Å²) in [5, 5.41) is 5.27. The van der Waals surface area contributed by atoms with Gasteiger partial charge in [0.25, 0.3) is 5.91 Å². The zero-order chi connectivity index (χ0) is 18.5. The molecule has 4 nitrogen and oxygen atoms in total. The average Bonchev–Trinajstić information content (AvgIpc) is 3.24. The Morgan fingerprint density at radius 2 is 1.89 bits per heavy atom. The van der Waals surface area contributed by atoms with Crippen molar-refractivity contribution in [1.29, 1.82) is 0 Å². The van der Waals surface area contributed by atoms with Crippen molar-refractivity contribution in [3.8, 4) is 0 Å². The fourth-order valence-corrected chi connectivity index (χ4v) is 3.93. The number of hydrogen-bond acceptors (Lipinski definition) is 2. The molecule has 0 unspecified atom stereocenters. The van der Waals surface area contributed by atoms with Crippen LogP contribution in [0.3, 0.4) is 0 Å². The van der Waals surface area contributed by atoms with E-state index in [1.165, 1.54) is 11.1 Å². The number of carbonyl (C=O) groups excluding carboxylic acids is 1. The third kappa shape index (κ3) is 4.12. The van der Waals surface area contributed by atoms with Crippen LogP contribution in [0.1, 0.15) is 47.4 Å². The molecule has 3 N–H and O–H groups in total. The minimum atomic E-state index is -0.0226. The molecule has 27 heavy (non-hydrogen) atoms. The lowest BCUT2D eigenvalue weighted by molar-refractivity contribution is -0.678. The van der Waals surface area contributed by atoms with Gasteiger partial charge in [-0.3, -0.25) is 4.79 Å². The smallest absolute Gasteiger partial charge is 0.275 e. The monoisotopic (exact) mass is 361 g/mol. The lowest BCUT2D eigenvalue weighted by Crippen LogP contribution is -2.87. The highest BCUT2D eigenvalue weighted by atomic mass is 16.3. The molecular formula is C23H25N2O2+. The first-order valence-corrected chi connectivity index (χ1v) is 9.60. The van der Waals surface area contributed by atoms with Gasteiger partial charge >= 0.3 is 0 Å². The van der Waals surface area contributed by atoms with Crippen LogP contribution < -0.4 is 10.6 Å². The van der Waals surface area contributed by atoms with Gasteiger partial charge in [0.05, 0.1) is 12.3 Å². The molecule has 0 saturated carbocycles. The molecule has 1 heterocycles. The van der Waals surface area contributed by atoms with Crippen LogP contribution in [0.2, 0.25) is 0 Å². The summed E-state index contributed by atoms with van der Waals surface area (Å²) in [5.74, 6) is 0.918. The number of nitrogens with two attached hydrogens (primary N) is 1. The number of amides is 1. The lowest BCUT2D eigenvalue weighted by Gasteiger charge is -2.26. The topological polar surface area (TPSA) is 58.9 Å². The zero-order valence-electron chi connectivity index (χ0n) is 15.3. The van der Waals surface area contributed by atoms with E-state index in [0.717, 1.165) is 30.6 Å². The number of rotatable bonds is 6. The van der Waals surface area contributed by atoms with Crippen molar-refractivity contribution in [1.82, 2.24) is 5.32 Å². The van der Waals surface area contributed by atoms with Gasteiger partial charge in [0.1, 0.15) is 0 Å². The predicted molar refractivity (Wildman–Crippen MR) is 104 cm³/mol. The molecular weight excluding hydrogens is 336 g/mol. The first-order valence-electron chi connectivity index (χ1n) is 9.60. The van der Waals surface area contributed by atoms with Crippen molar-refractivity contribution in [3.05, 3.63) is 95.4 Å². The Morgan fingerprint density at radius 1 is 1.07 bits per heavy atom. The van der Waals surface area contributed by atoms with Gasteiger partial charge in [-0.25, -0.2) is 0 Å². The Kier molecular flexibility index (Phi) is 5.35. The molecule has 2 aromatic carbocycles. The first-order chi connectivity index (χ1) is 13.3. The molecule has 2 atom stereocenters. The highest BCUT2D eigenvalue weighted by Gasteiger charge is 2.24. The predicted octanol–water partition coefficient (Wildman–Crippen LogP) is 3.13. The van der Waals surface area contributed by atoms with Gasteiger partial charge in [-0.05, 0) is 42.5 Å². The molecule has 4 heteroatoms. The molecule has 1 amide bonds. The van der Waals surface area contributed by atoms with E-state index in [2.05, 4.69) is 41.7 Å². The molecule has 0 bridgehead atoms. The van der Waals surface area contributed by atoms with E-state index in [-0.39, 0.29) is 18.0 Å². The van der Waals surface area contributed by atoms with Crippen LogP contribution in [-0.2, 0) is 11.2 Å². The highest BCUT2D eigenvalue weighted by molar-refractivity contribution is 5.77. The second-order valence-electron chi connectivity index (χ2n) is 7.05. The summed E-state index contributed by atoms with van der Waals surface area (Å²) < 4.78 is 5.62. The van der Waals surface area contributed by atoms with Gasteiger partial charge in [-0.1, -0.05) is 54.6 Å². The maximum absolute atomic E-state index is 12.7. The molecule has 1 aromatic heterocycles. The summed E-state index contributed by atoms with van der Waals surface area (Å²) in [4.78, 5) is 12.7. The molecule has 0 saturated heterocycles. The largest absolute Gasteiger partial charge is 0.463 e. The number of quaternary nitrogens is 1. The van der Waals surface area contributed by atoms with E-state index >= 15 is 0 Å². The molecule has 1 aliphatic carbocycles. The molecule has 4 rings (SSSR count). The third-order valence-corrected chi connectivity index (χ3v) is 5.25. The van der Waals surface area contributed by atoms with Gasteiger partial charge in [0, 0.05) is 5.56 Å². The highest BCUT2D eigenvalue weighted by Crippen LogP contribution is 2.29. The molecule has 0 radical (unpaired) electrons. The van der Waals surface area contributed by atoms with Gasteiger partial charge in [-0.2, -0.15) is 0 Å². The van der Waals surface area contributed by atoms with Gasteiger partial charge in [0.2, 0.25) is 0 Å². The minimum Gasteiger partial charge on any atom is -0.463 e. The van der Waals surface area contributed by atoms with Crippen LogP contribution in [-0.4, -0.2) is 12.5 Å². The standard InChI is InChI=1S/C23H24N2O2/c26-22(25-20-13-6-11-17-8-4-5-12-19(17)20)16-24-23(21-14-7-15-27-21)18-9-2-1-3-10-18/h1-5,7-10,12,14-15,20,23-24H,6,11,13,16H2,(H,25,26)/p+1/t20-,23+/m1/s1. The van der Waals surface area contributed by atoms with E-state index in [9.17, 15) is 4.79 Å². The zero-order valence-corrected chi connectivity index (χ0v) is 15.3. The van der Waals surface area contributed by atoms with Gasteiger partial charge in [0.15, 0.2) is 18.3 Å². The fourth-order valence-electron chi connectivity index (χ4n) is 3.93. The summed E-state index contributed by atoms with van der Waals surface area (Å²) >= 11 is 0. The summed E-state index contributed by atoms with van der Waals surface area (Å²) in [6, 6.07) is 22.5. The Balaban J connectivity index is 1.42. The Bertz CT molecular complexity index is 874. The second-order valence-corrected chi connectivity index (χ2v) is 7.05. The maximum atomic E-state index is 12.7. The van der Waals surface area contributed by atoms with Crippen LogP contribution in [0, 0.1) is 0 Å². The second kappa shape index (κ2) is 8.23. The lowest BCUT2D eigenvalue weighted by atomic mass is 9.88. The first kappa shape index (κ1) is 17.6. The van der Waals surface area contributed by atoms with E-state index in [0.29, 0.717) is 6.54 Å². The van der Waals surface area contributed by atoms with Crippen molar-refractivity contribution < 1.29 is 14.5 Å². The van der Waals surface area contributed by atoms with Gasteiger partial charge < -0.3 is 15.1 Å². The van der Waals surface area contributed by atoms with Crippen molar-refractivity contribution in [2.75, 3.05) is 6.54 Å². The molecule has 3 aromatic rings. The quantitative estimate of drug-likeness (QED) is 0.709. The number of benzene rings is 2. The summed E-state index contributed by atoms with van der Waals surface area (Å²) in [7, 11) is 0. The Hall–Kier alpha value is -2.85. The molecule has 1 aliphatic rings. The van der Waals surface area contributed by atoms with Crippen LogP contribution in [0.4, 0.5) is 0 Å². The van der Waals surface area contributed by atoms with E-state index in [1.54, 1.807) is 6.26 Å². The van der Waals surface area contributed by atoms with Crippen molar-refractivity contribution in [3.63, 3.8) is 0 Å². The number of fused-ring (bicyclic) bond motifs is 1. The fraction of sp³-hybridized carbons (Fsp3) is 0.261. The normalized spacial score (nSPS) is 17.1. The molecule has 0 aliphatic heterocycles. The van der Waals surface area contributed by atoms with Crippen LogP contribution in [0.25, 0.3) is 0 Å². The SMILES string of the molecule is O=C(C[NH2+][C@@H](c1ccccc1)c1ccco1)N[C@@H]1CCCc2ccccc21. The number of aryl methyl sites for hydroxylation is 1. The maximum Gasteiger partial charge on any atom is 0.275 e. The van der Waals surface area contributed by atoms with E-state index in [1.807, 2.05) is 35.6 Å². The Labute approximate surface area is 159 Å². The molecule has 0 fully saturated rings. The van der Waals surface area contributed by atoms with Crippen molar-refractivity contribution in [2.24, 2.45) is 0 Å². The van der Waals surface area contributed by atoms with Gasteiger partial charge in [-0.15, -0.1) is 0 Å². The van der Waals surface area contributed by atoms with E-state index < -0.39 is 0 Å².